The molecule has 2 aromatic heterocycles. The molecule has 0 fully saturated rings. The molecule has 0 aliphatic rings. The van der Waals surface area contributed by atoms with Gasteiger partial charge in [-0.25, -0.2) is 0 Å². The first-order chi connectivity index (χ1) is 8.79. The highest BCUT2D eigenvalue weighted by Gasteiger charge is 2.12. The highest BCUT2D eigenvalue weighted by molar-refractivity contribution is 5.22. The molecule has 0 saturated carbocycles. The number of nitrogens with one attached hydrogen (secondary N) is 1. The topological polar surface area (TPSA) is 38.1 Å². The van der Waals surface area contributed by atoms with Crippen molar-refractivity contribution in [3.05, 3.63) is 53.7 Å². The van der Waals surface area contributed by atoms with Gasteiger partial charge in [-0.2, -0.15) is 0 Å². The fraction of sp³-hybridized carbons (Fsp3) is 0.400. The van der Waals surface area contributed by atoms with E-state index in [-0.39, 0.29) is 0 Å². The van der Waals surface area contributed by atoms with Gasteiger partial charge >= 0.3 is 0 Å². The third-order valence-electron chi connectivity index (χ3n) is 2.96. The fourth-order valence-corrected chi connectivity index (χ4v) is 2.04. The standard InChI is InChI=1S/C15H20N2O/c1-3-5-17-15(8-13-4-6-18-11-13)14-7-12(2)9-16-10-14/h4,6-7,9-11,15,17H,3,5,8H2,1-2H3. The molecule has 0 radical (unpaired) electrons. The minimum absolute atomic E-state index is 0.301. The van der Waals surface area contributed by atoms with Gasteiger partial charge in [-0.1, -0.05) is 13.0 Å². The van der Waals surface area contributed by atoms with Crippen LogP contribution in [0.2, 0.25) is 0 Å². The van der Waals surface area contributed by atoms with Crippen LogP contribution in [-0.2, 0) is 6.42 Å². The number of aryl methyl sites for hydroxylation is 1. The van der Waals surface area contributed by atoms with Crippen molar-refractivity contribution in [3.63, 3.8) is 0 Å². The van der Waals surface area contributed by atoms with E-state index in [2.05, 4.69) is 30.2 Å². The summed E-state index contributed by atoms with van der Waals surface area (Å²) in [7, 11) is 0. The third-order valence-corrected chi connectivity index (χ3v) is 2.96. The predicted octanol–water partition coefficient (Wildman–Crippen LogP) is 3.27. The summed E-state index contributed by atoms with van der Waals surface area (Å²) in [5, 5.41) is 3.57. The van der Waals surface area contributed by atoms with Crippen molar-refractivity contribution in [1.82, 2.24) is 10.3 Å². The van der Waals surface area contributed by atoms with E-state index in [1.54, 1.807) is 6.26 Å². The first-order valence-electron chi connectivity index (χ1n) is 6.45. The molecule has 3 heteroatoms. The van der Waals surface area contributed by atoms with Crippen LogP contribution in [0.25, 0.3) is 0 Å². The highest BCUT2D eigenvalue weighted by Crippen LogP contribution is 2.19. The van der Waals surface area contributed by atoms with Crippen molar-refractivity contribution >= 4 is 0 Å². The second kappa shape index (κ2) is 6.36. The van der Waals surface area contributed by atoms with Crippen LogP contribution in [0, 0.1) is 6.92 Å². The van der Waals surface area contributed by atoms with Gasteiger partial charge in [0.25, 0.3) is 0 Å². The van der Waals surface area contributed by atoms with Gasteiger partial charge in [-0.15, -0.1) is 0 Å². The Labute approximate surface area is 108 Å². The van der Waals surface area contributed by atoms with E-state index in [0.29, 0.717) is 6.04 Å². The van der Waals surface area contributed by atoms with Gasteiger partial charge in [0.05, 0.1) is 12.5 Å². The number of hydrogen-bond donors (Lipinski definition) is 1. The van der Waals surface area contributed by atoms with Crippen LogP contribution in [0.15, 0.2) is 41.5 Å². The maximum atomic E-state index is 5.14. The number of pyridine rings is 1. The Morgan fingerprint density at radius 3 is 2.94 bits per heavy atom. The Kier molecular flexibility index (Phi) is 4.53. The second-order valence-electron chi connectivity index (χ2n) is 4.64. The number of hydrogen-bond acceptors (Lipinski definition) is 3. The maximum absolute atomic E-state index is 5.14. The lowest BCUT2D eigenvalue weighted by molar-refractivity contribution is 0.519. The van der Waals surface area contributed by atoms with Gasteiger partial charge in [0.15, 0.2) is 0 Å². The molecular weight excluding hydrogens is 224 g/mol. The van der Waals surface area contributed by atoms with Crippen LogP contribution in [0.3, 0.4) is 0 Å². The van der Waals surface area contributed by atoms with Crippen LogP contribution < -0.4 is 5.32 Å². The molecule has 1 N–H and O–H groups in total. The largest absolute Gasteiger partial charge is 0.472 e. The minimum atomic E-state index is 0.301. The SMILES string of the molecule is CCCNC(Cc1ccoc1)c1cncc(C)c1. The fourth-order valence-electron chi connectivity index (χ4n) is 2.04. The molecule has 0 saturated heterocycles. The second-order valence-corrected chi connectivity index (χ2v) is 4.64. The molecule has 3 nitrogen and oxygen atoms in total. The van der Waals surface area contributed by atoms with E-state index < -0.39 is 0 Å². The van der Waals surface area contributed by atoms with Crippen molar-refractivity contribution in [2.75, 3.05) is 6.54 Å². The van der Waals surface area contributed by atoms with Gasteiger partial charge < -0.3 is 9.73 Å². The third kappa shape index (κ3) is 3.44. The molecule has 2 aromatic rings. The van der Waals surface area contributed by atoms with E-state index >= 15 is 0 Å². The van der Waals surface area contributed by atoms with E-state index in [1.807, 2.05) is 24.7 Å². The monoisotopic (exact) mass is 244 g/mol. The van der Waals surface area contributed by atoms with Crippen LogP contribution >= 0.6 is 0 Å². The molecule has 1 unspecified atom stereocenters. The first kappa shape index (κ1) is 12.8. The molecule has 0 aliphatic carbocycles. The summed E-state index contributed by atoms with van der Waals surface area (Å²) in [5.74, 6) is 0. The quantitative estimate of drug-likeness (QED) is 0.847. The van der Waals surface area contributed by atoms with Crippen LogP contribution in [-0.4, -0.2) is 11.5 Å². The Morgan fingerprint density at radius 2 is 2.28 bits per heavy atom. The number of rotatable bonds is 6. The molecule has 0 spiro atoms. The van der Waals surface area contributed by atoms with E-state index in [1.165, 1.54) is 16.7 Å². The molecule has 2 rings (SSSR count). The normalized spacial score (nSPS) is 12.6. The molecule has 0 bridgehead atoms. The van der Waals surface area contributed by atoms with E-state index in [0.717, 1.165) is 19.4 Å². The average molecular weight is 244 g/mol. The van der Waals surface area contributed by atoms with Crippen LogP contribution in [0.4, 0.5) is 0 Å². The van der Waals surface area contributed by atoms with Crippen molar-refractivity contribution in [2.24, 2.45) is 0 Å². The van der Waals surface area contributed by atoms with Crippen LogP contribution in [0.5, 0.6) is 0 Å². The number of nitrogens with zero attached hydrogens (tertiary/aromatic N) is 1. The van der Waals surface area contributed by atoms with Crippen LogP contribution in [0.1, 0.15) is 36.1 Å². The highest BCUT2D eigenvalue weighted by atomic mass is 16.3. The summed E-state index contributed by atoms with van der Waals surface area (Å²) in [6.45, 7) is 5.26. The molecule has 0 amide bonds. The van der Waals surface area contributed by atoms with Gasteiger partial charge in [0, 0.05) is 18.4 Å². The summed E-state index contributed by atoms with van der Waals surface area (Å²) < 4.78 is 5.14. The van der Waals surface area contributed by atoms with E-state index in [4.69, 9.17) is 4.42 Å². The van der Waals surface area contributed by atoms with Gasteiger partial charge in [0.1, 0.15) is 0 Å². The Bertz CT molecular complexity index is 465. The molecule has 0 aromatic carbocycles. The number of furan rings is 1. The summed E-state index contributed by atoms with van der Waals surface area (Å²) >= 11 is 0. The lowest BCUT2D eigenvalue weighted by Crippen LogP contribution is -2.24. The Balaban J connectivity index is 2.13. The summed E-state index contributed by atoms with van der Waals surface area (Å²) in [6, 6.07) is 4.51. The van der Waals surface area contributed by atoms with Crippen molar-refractivity contribution < 1.29 is 4.42 Å². The van der Waals surface area contributed by atoms with E-state index in [9.17, 15) is 0 Å². The van der Waals surface area contributed by atoms with Gasteiger partial charge in [-0.05, 0) is 49.1 Å². The Hall–Kier alpha value is -1.61. The van der Waals surface area contributed by atoms with Crippen molar-refractivity contribution in [1.29, 1.82) is 0 Å². The molecule has 18 heavy (non-hydrogen) atoms. The van der Waals surface area contributed by atoms with Gasteiger partial charge in [-0.3, -0.25) is 4.98 Å². The average Bonchev–Trinajstić information content (AvgIpc) is 2.87. The molecule has 96 valence electrons. The zero-order valence-corrected chi connectivity index (χ0v) is 11.0. The molecule has 1 atom stereocenters. The lowest BCUT2D eigenvalue weighted by atomic mass is 10.0. The molecule has 2 heterocycles. The predicted molar refractivity (Wildman–Crippen MR) is 72.4 cm³/mol. The minimum Gasteiger partial charge on any atom is -0.472 e. The Morgan fingerprint density at radius 1 is 1.39 bits per heavy atom. The summed E-state index contributed by atoms with van der Waals surface area (Å²) in [6.07, 6.45) is 9.42. The summed E-state index contributed by atoms with van der Waals surface area (Å²) in [4.78, 5) is 4.28. The summed E-state index contributed by atoms with van der Waals surface area (Å²) in [5.41, 5.74) is 3.65. The molecular formula is C15H20N2O. The van der Waals surface area contributed by atoms with Crippen molar-refractivity contribution in [2.45, 2.75) is 32.7 Å². The lowest BCUT2D eigenvalue weighted by Gasteiger charge is -2.18. The zero-order chi connectivity index (χ0) is 12.8. The zero-order valence-electron chi connectivity index (χ0n) is 11.0. The van der Waals surface area contributed by atoms with Gasteiger partial charge in [0.2, 0.25) is 0 Å². The number of aromatic nitrogens is 1. The first-order valence-corrected chi connectivity index (χ1v) is 6.45. The molecule has 0 aliphatic heterocycles. The van der Waals surface area contributed by atoms with Crippen molar-refractivity contribution in [3.8, 4) is 0 Å². The smallest absolute Gasteiger partial charge is 0.0935 e. The maximum Gasteiger partial charge on any atom is 0.0935 e.